The molecule has 1 fully saturated rings. The van der Waals surface area contributed by atoms with Gasteiger partial charge in [0, 0.05) is 5.92 Å². The van der Waals surface area contributed by atoms with Gasteiger partial charge in [-0.1, -0.05) is 26.0 Å². The topological polar surface area (TPSA) is 38.3 Å². The molecule has 3 nitrogen and oxygen atoms in total. The summed E-state index contributed by atoms with van der Waals surface area (Å²) in [5, 5.41) is 2.95. The second kappa shape index (κ2) is 5.21. The van der Waals surface area contributed by atoms with E-state index in [9.17, 15) is 4.79 Å². The van der Waals surface area contributed by atoms with E-state index in [1.54, 1.807) is 0 Å². The Bertz CT molecular complexity index is 403. The first kappa shape index (κ1) is 12.0. The van der Waals surface area contributed by atoms with Crippen LogP contribution in [-0.2, 0) is 4.79 Å². The molecule has 0 radical (unpaired) electrons. The first-order valence-electron chi connectivity index (χ1n) is 6.25. The lowest BCUT2D eigenvalue weighted by molar-refractivity contribution is -0.117. The lowest BCUT2D eigenvalue weighted by Crippen LogP contribution is -2.15. The average Bonchev–Trinajstić information content (AvgIpc) is 3.05. The summed E-state index contributed by atoms with van der Waals surface area (Å²) in [6.45, 7) is 4.84. The highest BCUT2D eigenvalue weighted by atomic mass is 16.5. The van der Waals surface area contributed by atoms with Gasteiger partial charge in [0.15, 0.2) is 0 Å². The van der Waals surface area contributed by atoms with E-state index in [0.717, 1.165) is 24.3 Å². The summed E-state index contributed by atoms with van der Waals surface area (Å²) in [6.07, 6.45) is 1.96. The lowest BCUT2D eigenvalue weighted by Gasteiger charge is -2.11. The molecule has 1 aromatic rings. The van der Waals surface area contributed by atoms with Crippen LogP contribution in [-0.4, -0.2) is 12.5 Å². The molecule has 2 atom stereocenters. The zero-order valence-electron chi connectivity index (χ0n) is 10.4. The molecular formula is C14H19NO2. The van der Waals surface area contributed by atoms with Crippen LogP contribution >= 0.6 is 0 Å². The molecule has 2 unspecified atom stereocenters. The number of anilines is 1. The summed E-state index contributed by atoms with van der Waals surface area (Å²) < 4.78 is 5.60. The number of para-hydroxylation sites is 2. The molecule has 0 spiro atoms. The predicted octanol–water partition coefficient (Wildman–Crippen LogP) is 3.07. The number of ether oxygens (including phenoxy) is 1. The number of hydrogen-bond donors (Lipinski definition) is 1. The fourth-order valence-electron chi connectivity index (χ4n) is 1.82. The van der Waals surface area contributed by atoms with Gasteiger partial charge < -0.3 is 10.1 Å². The number of nitrogens with one attached hydrogen (secondary N) is 1. The Balaban J connectivity index is 2.01. The van der Waals surface area contributed by atoms with Crippen LogP contribution in [0.5, 0.6) is 5.75 Å². The Morgan fingerprint density at radius 2 is 2.18 bits per heavy atom. The minimum atomic E-state index is 0.116. The number of carbonyl (C=O) groups excluding carboxylic acids is 1. The molecule has 1 saturated carbocycles. The largest absolute Gasteiger partial charge is 0.491 e. The first-order chi connectivity index (χ1) is 8.22. The van der Waals surface area contributed by atoms with Crippen LogP contribution in [0.25, 0.3) is 0 Å². The number of rotatable bonds is 5. The van der Waals surface area contributed by atoms with Crippen molar-refractivity contribution in [3.05, 3.63) is 24.3 Å². The van der Waals surface area contributed by atoms with Crippen LogP contribution in [0.2, 0.25) is 0 Å². The number of carbonyl (C=O) groups is 1. The number of benzene rings is 1. The lowest BCUT2D eigenvalue weighted by atomic mass is 10.2. The minimum Gasteiger partial charge on any atom is -0.491 e. The van der Waals surface area contributed by atoms with Crippen molar-refractivity contribution >= 4 is 11.6 Å². The Kier molecular flexibility index (Phi) is 3.67. The fourth-order valence-corrected chi connectivity index (χ4v) is 1.82. The van der Waals surface area contributed by atoms with Crippen LogP contribution in [0.1, 0.15) is 26.7 Å². The van der Waals surface area contributed by atoms with Gasteiger partial charge in [-0.15, -0.1) is 0 Å². The second-order valence-corrected chi connectivity index (χ2v) is 4.65. The zero-order valence-corrected chi connectivity index (χ0v) is 10.4. The number of amides is 1. The average molecular weight is 233 g/mol. The van der Waals surface area contributed by atoms with Gasteiger partial charge in [-0.3, -0.25) is 4.79 Å². The van der Waals surface area contributed by atoms with Crippen molar-refractivity contribution in [2.75, 3.05) is 11.9 Å². The normalized spacial score (nSPS) is 22.0. The third-order valence-electron chi connectivity index (χ3n) is 3.05. The van der Waals surface area contributed by atoms with Gasteiger partial charge in [0.05, 0.1) is 12.3 Å². The van der Waals surface area contributed by atoms with Gasteiger partial charge in [0.2, 0.25) is 5.91 Å². The van der Waals surface area contributed by atoms with Crippen molar-refractivity contribution in [2.45, 2.75) is 26.7 Å². The molecule has 1 aliphatic rings. The van der Waals surface area contributed by atoms with Crippen molar-refractivity contribution in [3.8, 4) is 5.75 Å². The van der Waals surface area contributed by atoms with Crippen molar-refractivity contribution in [1.82, 2.24) is 0 Å². The SMILES string of the molecule is CCCOc1ccccc1NC(=O)C1CC1C. The molecular weight excluding hydrogens is 214 g/mol. The Hall–Kier alpha value is -1.51. The molecule has 17 heavy (non-hydrogen) atoms. The molecule has 1 aromatic carbocycles. The van der Waals surface area contributed by atoms with Gasteiger partial charge in [-0.2, -0.15) is 0 Å². The molecule has 1 amide bonds. The molecule has 1 aliphatic carbocycles. The van der Waals surface area contributed by atoms with E-state index in [0.29, 0.717) is 12.5 Å². The highest BCUT2D eigenvalue weighted by molar-refractivity contribution is 5.95. The van der Waals surface area contributed by atoms with Crippen LogP contribution in [0.15, 0.2) is 24.3 Å². The zero-order chi connectivity index (χ0) is 12.3. The number of hydrogen-bond acceptors (Lipinski definition) is 2. The van der Waals surface area contributed by atoms with Crippen molar-refractivity contribution in [3.63, 3.8) is 0 Å². The smallest absolute Gasteiger partial charge is 0.227 e. The molecule has 92 valence electrons. The van der Waals surface area contributed by atoms with Gasteiger partial charge in [0.25, 0.3) is 0 Å². The third kappa shape index (κ3) is 2.99. The highest BCUT2D eigenvalue weighted by Crippen LogP contribution is 2.39. The highest BCUT2D eigenvalue weighted by Gasteiger charge is 2.39. The van der Waals surface area contributed by atoms with Crippen LogP contribution < -0.4 is 10.1 Å². The van der Waals surface area contributed by atoms with Crippen LogP contribution in [0, 0.1) is 11.8 Å². The van der Waals surface area contributed by atoms with Gasteiger partial charge in [0.1, 0.15) is 5.75 Å². The summed E-state index contributed by atoms with van der Waals surface area (Å²) in [6, 6.07) is 7.60. The Morgan fingerprint density at radius 1 is 1.47 bits per heavy atom. The maximum Gasteiger partial charge on any atom is 0.227 e. The predicted molar refractivity (Wildman–Crippen MR) is 68.1 cm³/mol. The van der Waals surface area contributed by atoms with E-state index in [2.05, 4.69) is 19.2 Å². The molecule has 1 N–H and O–H groups in total. The van der Waals surface area contributed by atoms with Gasteiger partial charge >= 0.3 is 0 Å². The Labute approximate surface area is 102 Å². The molecule has 3 heteroatoms. The van der Waals surface area contributed by atoms with E-state index < -0.39 is 0 Å². The molecule has 2 rings (SSSR count). The van der Waals surface area contributed by atoms with Crippen molar-refractivity contribution in [1.29, 1.82) is 0 Å². The summed E-state index contributed by atoms with van der Waals surface area (Å²) in [4.78, 5) is 11.8. The first-order valence-corrected chi connectivity index (χ1v) is 6.25. The van der Waals surface area contributed by atoms with E-state index in [4.69, 9.17) is 4.74 Å². The van der Waals surface area contributed by atoms with Gasteiger partial charge in [-0.05, 0) is 30.9 Å². The second-order valence-electron chi connectivity index (χ2n) is 4.65. The maximum absolute atomic E-state index is 11.8. The minimum absolute atomic E-state index is 0.116. The van der Waals surface area contributed by atoms with Crippen molar-refractivity contribution < 1.29 is 9.53 Å². The fraction of sp³-hybridized carbons (Fsp3) is 0.500. The molecule has 0 saturated heterocycles. The molecule has 0 aromatic heterocycles. The van der Waals surface area contributed by atoms with Crippen LogP contribution in [0.3, 0.4) is 0 Å². The molecule has 0 aliphatic heterocycles. The van der Waals surface area contributed by atoms with E-state index in [1.165, 1.54) is 0 Å². The van der Waals surface area contributed by atoms with Crippen molar-refractivity contribution in [2.24, 2.45) is 11.8 Å². The molecule has 0 heterocycles. The monoisotopic (exact) mass is 233 g/mol. The summed E-state index contributed by atoms with van der Waals surface area (Å²) in [5.74, 6) is 1.59. The third-order valence-corrected chi connectivity index (χ3v) is 3.05. The van der Waals surface area contributed by atoms with Crippen LogP contribution in [0.4, 0.5) is 5.69 Å². The quantitative estimate of drug-likeness (QED) is 0.848. The summed E-state index contributed by atoms with van der Waals surface area (Å²) in [7, 11) is 0. The van der Waals surface area contributed by atoms with E-state index >= 15 is 0 Å². The summed E-state index contributed by atoms with van der Waals surface area (Å²) in [5.41, 5.74) is 0.782. The summed E-state index contributed by atoms with van der Waals surface area (Å²) >= 11 is 0. The van der Waals surface area contributed by atoms with E-state index in [1.807, 2.05) is 24.3 Å². The molecule has 0 bridgehead atoms. The maximum atomic E-state index is 11.8. The van der Waals surface area contributed by atoms with Gasteiger partial charge in [-0.25, -0.2) is 0 Å². The Morgan fingerprint density at radius 3 is 2.82 bits per heavy atom. The standard InChI is InChI=1S/C14H19NO2/c1-3-8-17-13-7-5-4-6-12(13)15-14(16)11-9-10(11)2/h4-7,10-11H,3,8-9H2,1-2H3,(H,15,16). The van der Waals surface area contributed by atoms with E-state index in [-0.39, 0.29) is 11.8 Å².